The fraction of sp³-hybridized carbons (Fsp3) is 0.359. The summed E-state index contributed by atoms with van der Waals surface area (Å²) in [7, 11) is 0. The second-order valence-corrected chi connectivity index (χ2v) is 13.4. The average Bonchev–Trinajstić information content (AvgIpc) is 3.85. The number of aromatic nitrogens is 9. The Labute approximate surface area is 333 Å². The Morgan fingerprint density at radius 1 is 0.862 bits per heavy atom. The number of hydrogen-bond donors (Lipinski definition) is 5. The molecule has 0 aliphatic carbocycles. The molecule has 0 unspecified atom stereocenters. The van der Waals surface area contributed by atoms with Gasteiger partial charge in [-0.25, -0.2) is 34.6 Å². The van der Waals surface area contributed by atoms with Crippen LogP contribution in [-0.2, 0) is 20.8 Å². The van der Waals surface area contributed by atoms with Crippen molar-refractivity contribution in [2.24, 2.45) is 0 Å². The maximum atomic E-state index is 12.6. The van der Waals surface area contributed by atoms with Crippen LogP contribution >= 0.6 is 0 Å². The predicted octanol–water partition coefficient (Wildman–Crippen LogP) is 1.90. The Morgan fingerprint density at radius 2 is 1.57 bits per heavy atom. The Bertz CT molecular complexity index is 2370. The van der Waals surface area contributed by atoms with Crippen LogP contribution in [0.1, 0.15) is 35.2 Å². The molecular formula is C39H44N14O5. The summed E-state index contributed by atoms with van der Waals surface area (Å²) in [4.78, 5) is 58.4. The molecule has 1 aromatic carbocycles. The molecule has 19 heteroatoms. The number of terminal acetylenes is 1. The highest BCUT2D eigenvalue weighted by Crippen LogP contribution is 2.32. The summed E-state index contributed by atoms with van der Waals surface area (Å²) in [5.74, 6) is 3.83. The Balaban J connectivity index is 0.721. The lowest BCUT2D eigenvalue weighted by molar-refractivity contribution is -0.122. The standard InChI is InChI=1S/C39H44N14O5/c1-2-26-21-43-38(44-22-26)51-11-13-52(14-12-51)39-45-23-28(24-46-39)37(56)42-9-16-58-18-17-57-15-7-32(55)41-8-3-4-10-53-36-33(35(40)47-25-48-36)34(50-53)31-20-27-19-29(54)5-6-30(27)49-31/h1,5-6,19-25,49,54H,3-4,7-18H2,(H,41,55)(H,42,56)(H2,40,47,48). The first-order chi connectivity index (χ1) is 28.4. The minimum atomic E-state index is -0.289. The zero-order valence-corrected chi connectivity index (χ0v) is 31.8. The number of benzene rings is 1. The van der Waals surface area contributed by atoms with Crippen LogP contribution in [0.3, 0.4) is 0 Å². The largest absolute Gasteiger partial charge is 0.508 e. The fourth-order valence-corrected chi connectivity index (χ4v) is 6.42. The lowest BCUT2D eigenvalue weighted by Crippen LogP contribution is -2.47. The molecule has 0 spiro atoms. The molecule has 0 radical (unpaired) electrons. The monoisotopic (exact) mass is 788 g/mol. The summed E-state index contributed by atoms with van der Waals surface area (Å²) < 4.78 is 12.9. The maximum Gasteiger partial charge on any atom is 0.254 e. The van der Waals surface area contributed by atoms with Crippen LogP contribution in [0, 0.1) is 12.3 Å². The second-order valence-electron chi connectivity index (χ2n) is 13.4. The molecule has 1 saturated heterocycles. The van der Waals surface area contributed by atoms with Gasteiger partial charge in [0.25, 0.3) is 5.91 Å². The van der Waals surface area contributed by atoms with Crippen LogP contribution in [-0.4, -0.2) is 127 Å². The number of hydrogen-bond acceptors (Lipinski definition) is 15. The van der Waals surface area contributed by atoms with Gasteiger partial charge in [0.1, 0.15) is 23.6 Å². The summed E-state index contributed by atoms with van der Waals surface area (Å²) >= 11 is 0. The van der Waals surface area contributed by atoms with Crippen molar-refractivity contribution in [2.45, 2.75) is 25.8 Å². The van der Waals surface area contributed by atoms with Crippen molar-refractivity contribution < 1.29 is 24.2 Å². The van der Waals surface area contributed by atoms with E-state index in [9.17, 15) is 14.7 Å². The number of rotatable bonds is 18. The highest BCUT2D eigenvalue weighted by Gasteiger charge is 2.22. The van der Waals surface area contributed by atoms with E-state index in [2.05, 4.69) is 61.2 Å². The van der Waals surface area contributed by atoms with Crippen molar-refractivity contribution in [3.8, 4) is 29.5 Å². The number of aryl methyl sites for hydroxylation is 1. The molecule has 300 valence electrons. The second kappa shape index (κ2) is 18.8. The van der Waals surface area contributed by atoms with E-state index in [1.807, 2.05) is 6.07 Å². The van der Waals surface area contributed by atoms with E-state index in [1.165, 1.54) is 18.7 Å². The van der Waals surface area contributed by atoms with Gasteiger partial charge in [0.15, 0.2) is 5.65 Å². The molecule has 1 aliphatic heterocycles. The number of H-pyrrole nitrogens is 1. The number of phenols is 1. The zero-order valence-electron chi connectivity index (χ0n) is 31.8. The first-order valence-corrected chi connectivity index (χ1v) is 19.0. The minimum Gasteiger partial charge on any atom is -0.508 e. The van der Waals surface area contributed by atoms with Gasteiger partial charge < -0.3 is 45.7 Å². The number of amides is 2. The summed E-state index contributed by atoms with van der Waals surface area (Å²) in [6.07, 6.45) is 14.8. The number of aromatic hydroxyl groups is 1. The van der Waals surface area contributed by atoms with Gasteiger partial charge in [-0.15, -0.1) is 6.42 Å². The number of aromatic amines is 1. The molecule has 6 aromatic rings. The van der Waals surface area contributed by atoms with Crippen molar-refractivity contribution in [3.05, 3.63) is 66.5 Å². The van der Waals surface area contributed by atoms with E-state index in [-0.39, 0.29) is 30.6 Å². The summed E-state index contributed by atoms with van der Waals surface area (Å²) in [5, 5.41) is 21.9. The molecule has 19 nitrogen and oxygen atoms in total. The highest BCUT2D eigenvalue weighted by molar-refractivity contribution is 6.00. The third-order valence-electron chi connectivity index (χ3n) is 9.46. The topological polar surface area (TPSA) is 240 Å². The molecule has 0 bridgehead atoms. The van der Waals surface area contributed by atoms with Crippen LogP contribution in [0.2, 0.25) is 0 Å². The Hall–Kier alpha value is -6.91. The Kier molecular flexibility index (Phi) is 12.8. The Morgan fingerprint density at radius 3 is 2.29 bits per heavy atom. The molecule has 2 amide bonds. The van der Waals surface area contributed by atoms with Crippen LogP contribution in [0.25, 0.3) is 33.3 Å². The quantitative estimate of drug-likeness (QED) is 0.0617. The van der Waals surface area contributed by atoms with Crippen LogP contribution < -0.4 is 26.2 Å². The number of carbonyl (C=O) groups excluding carboxylic acids is 2. The van der Waals surface area contributed by atoms with Crippen molar-refractivity contribution in [1.82, 2.24) is 55.3 Å². The first-order valence-electron chi connectivity index (χ1n) is 19.0. The molecule has 58 heavy (non-hydrogen) atoms. The maximum absolute atomic E-state index is 12.6. The van der Waals surface area contributed by atoms with Gasteiger partial charge >= 0.3 is 0 Å². The first kappa shape index (κ1) is 39.3. The summed E-state index contributed by atoms with van der Waals surface area (Å²) in [5.41, 5.74) is 10.1. The fourth-order valence-electron chi connectivity index (χ4n) is 6.42. The van der Waals surface area contributed by atoms with E-state index in [4.69, 9.17) is 26.7 Å². The van der Waals surface area contributed by atoms with E-state index in [0.717, 1.165) is 29.4 Å². The molecule has 5 aromatic heterocycles. The number of ether oxygens (including phenoxy) is 2. The third kappa shape index (κ3) is 9.72. The molecule has 6 heterocycles. The van der Waals surface area contributed by atoms with E-state index in [1.54, 1.807) is 35.3 Å². The van der Waals surface area contributed by atoms with Crippen LogP contribution in [0.4, 0.5) is 17.7 Å². The highest BCUT2D eigenvalue weighted by atomic mass is 16.5. The molecular weight excluding hydrogens is 745 g/mol. The molecule has 6 N–H and O–H groups in total. The molecule has 1 fully saturated rings. The number of phenolic OH excluding ortho intramolecular Hbond substituents is 1. The summed E-state index contributed by atoms with van der Waals surface area (Å²) in [6, 6.07) is 7.01. The van der Waals surface area contributed by atoms with Crippen LogP contribution in [0.5, 0.6) is 5.75 Å². The van der Waals surface area contributed by atoms with Crippen molar-refractivity contribution in [1.29, 1.82) is 0 Å². The smallest absolute Gasteiger partial charge is 0.254 e. The van der Waals surface area contributed by atoms with Crippen molar-refractivity contribution in [3.63, 3.8) is 0 Å². The number of fused-ring (bicyclic) bond motifs is 2. The number of unbranched alkanes of at least 4 members (excludes halogenated alkanes) is 1. The zero-order chi connectivity index (χ0) is 40.3. The summed E-state index contributed by atoms with van der Waals surface area (Å²) in [6.45, 7) is 5.39. The SMILES string of the molecule is C#Cc1cnc(N2CCN(c3ncc(C(=O)NCCOCCOCCC(=O)NCCCCn4nc(-c5cc6cc(O)ccc6[nH]5)c5c(N)ncnc54)cn3)CC2)nc1. The molecule has 0 saturated carbocycles. The van der Waals surface area contributed by atoms with Gasteiger partial charge in [0.05, 0.1) is 48.6 Å². The van der Waals surface area contributed by atoms with Gasteiger partial charge in [-0.3, -0.25) is 9.59 Å². The lowest BCUT2D eigenvalue weighted by Gasteiger charge is -2.34. The van der Waals surface area contributed by atoms with Crippen molar-refractivity contribution >= 4 is 51.5 Å². The van der Waals surface area contributed by atoms with E-state index in [0.29, 0.717) is 111 Å². The number of nitrogen functional groups attached to an aromatic ring is 1. The average molecular weight is 789 g/mol. The van der Waals surface area contributed by atoms with Gasteiger partial charge in [0, 0.05) is 87.9 Å². The number of carbonyl (C=O) groups is 2. The third-order valence-corrected chi connectivity index (χ3v) is 9.46. The van der Waals surface area contributed by atoms with Gasteiger partial charge in [-0.05, 0) is 37.1 Å². The lowest BCUT2D eigenvalue weighted by atomic mass is 10.2. The molecule has 0 atom stereocenters. The van der Waals surface area contributed by atoms with Gasteiger partial charge in [-0.2, -0.15) is 5.10 Å². The van der Waals surface area contributed by atoms with E-state index < -0.39 is 0 Å². The normalized spacial score (nSPS) is 12.9. The number of nitrogens with zero attached hydrogens (tertiary/aromatic N) is 10. The van der Waals surface area contributed by atoms with Gasteiger partial charge in [-0.1, -0.05) is 5.92 Å². The minimum absolute atomic E-state index is 0.0985. The molecule has 7 rings (SSSR count). The predicted molar refractivity (Wildman–Crippen MR) is 216 cm³/mol. The molecule has 1 aliphatic rings. The number of piperazine rings is 1. The van der Waals surface area contributed by atoms with E-state index >= 15 is 0 Å². The number of nitrogens with two attached hydrogens (primary N) is 1. The van der Waals surface area contributed by atoms with Crippen molar-refractivity contribution in [2.75, 3.05) is 81.2 Å². The van der Waals surface area contributed by atoms with Gasteiger partial charge in [0.2, 0.25) is 17.8 Å². The number of nitrogens with one attached hydrogen (secondary N) is 3. The van der Waals surface area contributed by atoms with Crippen LogP contribution in [0.15, 0.2) is 55.4 Å². The number of anilines is 3.